The van der Waals surface area contributed by atoms with Gasteiger partial charge < -0.3 is 5.32 Å². The zero-order valence-corrected chi connectivity index (χ0v) is 9.26. The van der Waals surface area contributed by atoms with Crippen LogP contribution < -0.4 is 5.32 Å². The molecule has 3 saturated carbocycles. The zero-order chi connectivity index (χ0) is 11.3. The maximum absolute atomic E-state index is 12.2. The van der Waals surface area contributed by atoms with Crippen molar-refractivity contribution < 1.29 is 13.2 Å². The van der Waals surface area contributed by atoms with Gasteiger partial charge in [0.05, 0.1) is 6.54 Å². The summed E-state index contributed by atoms with van der Waals surface area (Å²) in [5.41, 5.74) is 0. The summed E-state index contributed by atoms with van der Waals surface area (Å²) in [6.07, 6.45) is 2.01. The molecular formula is C12H18F3N. The van der Waals surface area contributed by atoms with Gasteiger partial charge in [0, 0.05) is 6.04 Å². The van der Waals surface area contributed by atoms with Crippen molar-refractivity contribution in [2.45, 2.75) is 44.3 Å². The van der Waals surface area contributed by atoms with Crippen LogP contribution in [0.3, 0.4) is 0 Å². The van der Waals surface area contributed by atoms with Gasteiger partial charge in [-0.05, 0) is 49.4 Å². The number of fused-ring (bicyclic) bond motifs is 5. The molecule has 3 aliphatic carbocycles. The number of hydrogen-bond acceptors (Lipinski definition) is 1. The molecule has 16 heavy (non-hydrogen) atoms. The van der Waals surface area contributed by atoms with E-state index in [-0.39, 0.29) is 6.04 Å². The number of rotatable bonds is 2. The molecule has 0 radical (unpaired) electrons. The van der Waals surface area contributed by atoms with Gasteiger partial charge in [-0.1, -0.05) is 6.42 Å². The van der Waals surface area contributed by atoms with E-state index in [1.807, 2.05) is 0 Å². The molecule has 2 bridgehead atoms. The highest BCUT2D eigenvalue weighted by molar-refractivity contribution is 5.05. The second-order valence-corrected chi connectivity index (χ2v) is 5.76. The molecule has 1 nitrogen and oxygen atoms in total. The van der Waals surface area contributed by atoms with Gasteiger partial charge in [0.1, 0.15) is 0 Å². The Hall–Kier alpha value is -0.250. The van der Waals surface area contributed by atoms with Crippen molar-refractivity contribution in [2.75, 3.05) is 6.54 Å². The molecule has 0 amide bonds. The molecule has 4 heteroatoms. The van der Waals surface area contributed by atoms with Gasteiger partial charge >= 0.3 is 6.18 Å². The van der Waals surface area contributed by atoms with Gasteiger partial charge in [-0.25, -0.2) is 0 Å². The van der Waals surface area contributed by atoms with Crippen molar-refractivity contribution in [3.8, 4) is 0 Å². The largest absolute Gasteiger partial charge is 0.401 e. The van der Waals surface area contributed by atoms with E-state index in [0.717, 1.165) is 24.2 Å². The molecule has 0 saturated heterocycles. The van der Waals surface area contributed by atoms with Gasteiger partial charge in [-0.15, -0.1) is 0 Å². The molecule has 0 heterocycles. The van der Waals surface area contributed by atoms with Crippen molar-refractivity contribution in [1.82, 2.24) is 5.32 Å². The minimum absolute atomic E-state index is 0.144. The number of alkyl halides is 3. The van der Waals surface area contributed by atoms with Crippen LogP contribution in [0.4, 0.5) is 13.2 Å². The second-order valence-electron chi connectivity index (χ2n) is 5.76. The molecule has 5 unspecified atom stereocenters. The van der Waals surface area contributed by atoms with Crippen molar-refractivity contribution in [3.05, 3.63) is 0 Å². The van der Waals surface area contributed by atoms with Gasteiger partial charge in [-0.3, -0.25) is 0 Å². The van der Waals surface area contributed by atoms with Crippen LogP contribution >= 0.6 is 0 Å². The van der Waals surface area contributed by atoms with Crippen LogP contribution in [0.5, 0.6) is 0 Å². The summed E-state index contributed by atoms with van der Waals surface area (Å²) in [5, 5.41) is 2.74. The first-order valence-corrected chi connectivity index (χ1v) is 6.35. The normalized spacial score (nSPS) is 46.3. The van der Waals surface area contributed by atoms with E-state index in [0.29, 0.717) is 5.92 Å². The topological polar surface area (TPSA) is 12.0 Å². The Balaban J connectivity index is 1.60. The molecule has 5 atom stereocenters. The Morgan fingerprint density at radius 2 is 1.75 bits per heavy atom. The molecule has 3 fully saturated rings. The third-order valence-corrected chi connectivity index (χ3v) is 4.99. The van der Waals surface area contributed by atoms with Crippen molar-refractivity contribution in [2.24, 2.45) is 23.7 Å². The van der Waals surface area contributed by atoms with Crippen LogP contribution in [0, 0.1) is 23.7 Å². The molecule has 0 aliphatic heterocycles. The number of hydrogen-bond donors (Lipinski definition) is 1. The standard InChI is InChI=1S/C12H18F3N/c13-12(14,15)6-16-11-5-7-4-10(11)9-3-1-2-8(7)9/h7-11,16H,1-6H2. The highest BCUT2D eigenvalue weighted by atomic mass is 19.4. The smallest absolute Gasteiger partial charge is 0.306 e. The van der Waals surface area contributed by atoms with Crippen LogP contribution in [0.25, 0.3) is 0 Å². The average Bonchev–Trinajstić information content (AvgIpc) is 2.85. The minimum atomic E-state index is -4.06. The highest BCUT2D eigenvalue weighted by Crippen LogP contribution is 2.58. The third kappa shape index (κ3) is 1.75. The van der Waals surface area contributed by atoms with Crippen LogP contribution in [0.15, 0.2) is 0 Å². The zero-order valence-electron chi connectivity index (χ0n) is 9.26. The molecule has 1 N–H and O–H groups in total. The number of nitrogens with one attached hydrogen (secondary N) is 1. The SMILES string of the molecule is FC(F)(F)CNC1CC2CC1C1CCCC21. The molecule has 0 aromatic rings. The fraction of sp³-hybridized carbons (Fsp3) is 1.00. The number of halogens is 3. The third-order valence-electron chi connectivity index (χ3n) is 4.99. The lowest BCUT2D eigenvalue weighted by atomic mass is 9.79. The summed E-state index contributed by atoms with van der Waals surface area (Å²) in [7, 11) is 0. The Morgan fingerprint density at radius 3 is 2.50 bits per heavy atom. The fourth-order valence-electron chi connectivity index (χ4n) is 4.55. The summed E-state index contributed by atoms with van der Waals surface area (Å²) in [6, 6.07) is 0.144. The van der Waals surface area contributed by atoms with E-state index in [2.05, 4.69) is 5.32 Å². The van der Waals surface area contributed by atoms with Crippen LogP contribution in [0.1, 0.15) is 32.1 Å². The predicted octanol–water partition coefficient (Wildman–Crippen LogP) is 2.96. The fourth-order valence-corrected chi connectivity index (χ4v) is 4.55. The lowest BCUT2D eigenvalue weighted by molar-refractivity contribution is -0.127. The predicted molar refractivity (Wildman–Crippen MR) is 54.9 cm³/mol. The monoisotopic (exact) mass is 233 g/mol. The molecule has 3 aliphatic rings. The highest BCUT2D eigenvalue weighted by Gasteiger charge is 2.53. The van der Waals surface area contributed by atoms with Crippen LogP contribution in [-0.2, 0) is 0 Å². The van der Waals surface area contributed by atoms with Gasteiger partial charge in [0.2, 0.25) is 0 Å². The van der Waals surface area contributed by atoms with E-state index in [4.69, 9.17) is 0 Å². The Labute approximate surface area is 93.8 Å². The lowest BCUT2D eigenvalue weighted by Crippen LogP contribution is -2.43. The molecule has 0 spiro atoms. The first kappa shape index (κ1) is 10.9. The van der Waals surface area contributed by atoms with Crippen molar-refractivity contribution in [3.63, 3.8) is 0 Å². The average molecular weight is 233 g/mol. The van der Waals surface area contributed by atoms with E-state index in [1.165, 1.54) is 25.7 Å². The van der Waals surface area contributed by atoms with Crippen LogP contribution in [-0.4, -0.2) is 18.8 Å². The molecule has 0 aromatic carbocycles. The van der Waals surface area contributed by atoms with Gasteiger partial charge in [-0.2, -0.15) is 13.2 Å². The summed E-state index contributed by atoms with van der Waals surface area (Å²) in [4.78, 5) is 0. The Bertz CT molecular complexity index is 276. The summed E-state index contributed by atoms with van der Waals surface area (Å²) in [5.74, 6) is 2.86. The van der Waals surface area contributed by atoms with E-state index < -0.39 is 12.7 Å². The van der Waals surface area contributed by atoms with Gasteiger partial charge in [0.15, 0.2) is 0 Å². The summed E-state index contributed by atoms with van der Waals surface area (Å²) >= 11 is 0. The quantitative estimate of drug-likeness (QED) is 0.773. The van der Waals surface area contributed by atoms with E-state index in [9.17, 15) is 13.2 Å². The Morgan fingerprint density at radius 1 is 1.00 bits per heavy atom. The molecule has 92 valence electrons. The van der Waals surface area contributed by atoms with E-state index in [1.54, 1.807) is 0 Å². The Kier molecular flexibility index (Phi) is 2.46. The summed E-state index contributed by atoms with van der Waals surface area (Å²) in [6.45, 7) is -0.807. The molecular weight excluding hydrogens is 215 g/mol. The lowest BCUT2D eigenvalue weighted by Gasteiger charge is -2.32. The second kappa shape index (κ2) is 3.62. The van der Waals surface area contributed by atoms with Gasteiger partial charge in [0.25, 0.3) is 0 Å². The minimum Gasteiger partial charge on any atom is -0.306 e. The molecule has 0 aromatic heterocycles. The first-order chi connectivity index (χ1) is 7.54. The molecule has 3 rings (SSSR count). The van der Waals surface area contributed by atoms with Crippen molar-refractivity contribution in [1.29, 1.82) is 0 Å². The maximum Gasteiger partial charge on any atom is 0.401 e. The van der Waals surface area contributed by atoms with E-state index >= 15 is 0 Å². The van der Waals surface area contributed by atoms with Crippen molar-refractivity contribution >= 4 is 0 Å². The summed E-state index contributed by atoms with van der Waals surface area (Å²) < 4.78 is 36.5. The maximum atomic E-state index is 12.2. The first-order valence-electron chi connectivity index (χ1n) is 6.35. The van der Waals surface area contributed by atoms with Crippen LogP contribution in [0.2, 0.25) is 0 Å².